The van der Waals surface area contributed by atoms with Gasteiger partial charge in [-0.15, -0.1) is 0 Å². The maximum atomic E-state index is 5.42. The van der Waals surface area contributed by atoms with E-state index < -0.39 is 0 Å². The van der Waals surface area contributed by atoms with Gasteiger partial charge in [-0.05, 0) is 71.8 Å². The van der Waals surface area contributed by atoms with Gasteiger partial charge in [-0.2, -0.15) is 0 Å². The molecule has 86 heavy (non-hydrogen) atoms. The Morgan fingerprint density at radius 3 is 0.965 bits per heavy atom. The fourth-order valence-electron chi connectivity index (χ4n) is 11.6. The first-order valence-electron chi connectivity index (χ1n) is 28.4. The van der Waals surface area contributed by atoms with Crippen molar-refractivity contribution in [3.8, 4) is 119 Å². The van der Waals surface area contributed by atoms with Crippen molar-refractivity contribution in [1.82, 2.24) is 54.4 Å². The van der Waals surface area contributed by atoms with E-state index in [9.17, 15) is 0 Å². The molecule has 1 N–H and O–H groups in total. The standard InChI is InChI=1S/C75H47N11/c1-7-22-47(23-8-1)67-77-68(48-24-9-2-10-25-48)81-73(80-67)54-39-42-63-58(45-54)59-46-55(74-82-69(49-26-11-3-12-27-49)78-70(83-74)50-28-13-4-14-29-50)40-43-64(59)86(63)65-41-38-53(56-35-21-37-62-66(56)57-34-19-20-36-61(57)76-62)44-60(65)75-84-71(51-30-15-5-16-31-51)79-72(85-75)52-32-17-6-18-33-52/h1-46,76H. The van der Waals surface area contributed by atoms with E-state index in [-0.39, 0.29) is 0 Å². The lowest BCUT2D eigenvalue weighted by atomic mass is 9.96. The number of aromatic nitrogens is 11. The van der Waals surface area contributed by atoms with E-state index >= 15 is 0 Å². The number of para-hydroxylation sites is 1. The number of H-pyrrole nitrogens is 1. The van der Waals surface area contributed by atoms with Crippen LogP contribution < -0.4 is 0 Å². The number of nitrogens with one attached hydrogen (secondary N) is 1. The van der Waals surface area contributed by atoms with Gasteiger partial charge in [0.05, 0.1) is 16.7 Å². The molecule has 0 radical (unpaired) electrons. The summed E-state index contributed by atoms with van der Waals surface area (Å²) in [6, 6.07) is 95.0. The van der Waals surface area contributed by atoms with Crippen molar-refractivity contribution in [2.24, 2.45) is 0 Å². The minimum atomic E-state index is 0.517. The second kappa shape index (κ2) is 21.1. The Bertz CT molecular complexity index is 4850. The lowest BCUT2D eigenvalue weighted by Gasteiger charge is -2.17. The predicted octanol–water partition coefficient (Wildman–Crippen LogP) is 17.6. The highest BCUT2D eigenvalue weighted by Gasteiger charge is 2.24. The molecule has 0 aliphatic carbocycles. The number of hydrogen-bond acceptors (Lipinski definition) is 9. The lowest BCUT2D eigenvalue weighted by molar-refractivity contribution is 1.06. The summed E-state index contributed by atoms with van der Waals surface area (Å²) in [6.07, 6.45) is 0. The van der Waals surface area contributed by atoms with E-state index in [2.05, 4.69) is 107 Å². The van der Waals surface area contributed by atoms with Gasteiger partial charge in [0.15, 0.2) is 52.4 Å². The van der Waals surface area contributed by atoms with Crippen LogP contribution in [-0.4, -0.2) is 54.4 Å². The highest BCUT2D eigenvalue weighted by Crippen LogP contribution is 2.43. The summed E-state index contributed by atoms with van der Waals surface area (Å²) in [5.41, 5.74) is 14.7. The lowest BCUT2D eigenvalue weighted by Crippen LogP contribution is -2.04. The summed E-state index contributed by atoms with van der Waals surface area (Å²) in [5.74, 6) is 5.02. The SMILES string of the molecule is c1ccc(-c2nc(-c3ccccc3)nc(-c3ccc4c(c3)c3cc(-c5nc(-c6ccccc6)nc(-c6ccccc6)n5)ccc3n4-c3ccc(-c4cccc5[nH]c6ccccc6c45)cc3-c3nc(-c4ccccc4)nc(-c4ccccc4)n3)n2)cc1. The average molecular weight is 1100 g/mol. The molecule has 0 saturated carbocycles. The van der Waals surface area contributed by atoms with Crippen molar-refractivity contribution in [3.63, 3.8) is 0 Å². The molecule has 0 fully saturated rings. The Kier molecular flexibility index (Phi) is 12.2. The first kappa shape index (κ1) is 49.8. The van der Waals surface area contributed by atoms with Crippen LogP contribution in [0, 0.1) is 0 Å². The van der Waals surface area contributed by atoms with E-state index in [1.807, 2.05) is 182 Å². The molecule has 0 aliphatic heterocycles. The first-order valence-corrected chi connectivity index (χ1v) is 28.4. The molecular weight excluding hydrogens is 1050 g/mol. The summed E-state index contributed by atoms with van der Waals surface area (Å²) >= 11 is 0. The second-order valence-electron chi connectivity index (χ2n) is 21.0. The molecule has 11 aromatic carbocycles. The van der Waals surface area contributed by atoms with E-state index in [0.717, 1.165) is 110 Å². The smallest absolute Gasteiger partial charge is 0.166 e. The predicted molar refractivity (Wildman–Crippen MR) is 345 cm³/mol. The van der Waals surface area contributed by atoms with Crippen LogP contribution in [-0.2, 0) is 0 Å². The van der Waals surface area contributed by atoms with Gasteiger partial charge < -0.3 is 9.55 Å². The fourth-order valence-corrected chi connectivity index (χ4v) is 11.6. The normalized spacial score (nSPS) is 11.5. The van der Waals surface area contributed by atoms with Crippen LogP contribution in [0.2, 0.25) is 0 Å². The topological polar surface area (TPSA) is 137 Å². The van der Waals surface area contributed by atoms with Crippen molar-refractivity contribution in [3.05, 3.63) is 279 Å². The highest BCUT2D eigenvalue weighted by atomic mass is 15.1. The zero-order valence-electron chi connectivity index (χ0n) is 46.0. The number of fused-ring (bicyclic) bond motifs is 6. The van der Waals surface area contributed by atoms with Gasteiger partial charge in [-0.25, -0.2) is 44.9 Å². The van der Waals surface area contributed by atoms with Crippen molar-refractivity contribution < 1.29 is 0 Å². The molecule has 0 atom stereocenters. The molecule has 11 heteroatoms. The molecule has 16 rings (SSSR count). The van der Waals surface area contributed by atoms with Crippen molar-refractivity contribution >= 4 is 43.6 Å². The van der Waals surface area contributed by atoms with Gasteiger partial charge in [0.1, 0.15) is 0 Å². The van der Waals surface area contributed by atoms with E-state index in [4.69, 9.17) is 44.9 Å². The van der Waals surface area contributed by atoms with Crippen LogP contribution in [0.3, 0.4) is 0 Å². The van der Waals surface area contributed by atoms with E-state index in [1.54, 1.807) is 0 Å². The molecule has 5 aromatic heterocycles. The maximum absolute atomic E-state index is 5.42. The summed E-state index contributed by atoms with van der Waals surface area (Å²) in [5, 5.41) is 4.18. The van der Waals surface area contributed by atoms with Crippen molar-refractivity contribution in [2.75, 3.05) is 0 Å². The van der Waals surface area contributed by atoms with Crippen molar-refractivity contribution in [1.29, 1.82) is 0 Å². The number of aromatic amines is 1. The zero-order chi connectivity index (χ0) is 56.9. The first-order chi connectivity index (χ1) is 42.6. The number of benzene rings is 11. The molecule has 0 spiro atoms. The van der Waals surface area contributed by atoms with Gasteiger partial charge in [0, 0.05) is 82.6 Å². The molecule has 0 unspecified atom stereocenters. The van der Waals surface area contributed by atoms with Crippen molar-refractivity contribution in [2.45, 2.75) is 0 Å². The van der Waals surface area contributed by atoms with Gasteiger partial charge in [-0.1, -0.05) is 218 Å². The minimum Gasteiger partial charge on any atom is -0.354 e. The van der Waals surface area contributed by atoms with Gasteiger partial charge >= 0.3 is 0 Å². The summed E-state index contributed by atoms with van der Waals surface area (Å²) in [7, 11) is 0. The monoisotopic (exact) mass is 1100 g/mol. The third kappa shape index (κ3) is 9.09. The van der Waals surface area contributed by atoms with E-state index in [0.29, 0.717) is 52.4 Å². The van der Waals surface area contributed by atoms with Crippen LogP contribution in [0.15, 0.2) is 279 Å². The summed E-state index contributed by atoms with van der Waals surface area (Å²) in [4.78, 5) is 50.6. The van der Waals surface area contributed by atoms with Crippen LogP contribution in [0.1, 0.15) is 0 Å². The minimum absolute atomic E-state index is 0.517. The van der Waals surface area contributed by atoms with E-state index in [1.165, 1.54) is 0 Å². The quantitative estimate of drug-likeness (QED) is 0.134. The molecule has 0 amide bonds. The molecule has 402 valence electrons. The Labute approximate surface area is 493 Å². The molecule has 11 nitrogen and oxygen atoms in total. The fraction of sp³-hybridized carbons (Fsp3) is 0. The molecular formula is C75H47N11. The molecule has 0 aliphatic rings. The third-order valence-corrected chi connectivity index (χ3v) is 15.7. The Morgan fingerprint density at radius 1 is 0.221 bits per heavy atom. The van der Waals surface area contributed by atoms with Crippen LogP contribution >= 0.6 is 0 Å². The number of rotatable bonds is 11. The molecule has 0 saturated heterocycles. The van der Waals surface area contributed by atoms with Crippen LogP contribution in [0.5, 0.6) is 0 Å². The average Bonchev–Trinajstić information content (AvgIpc) is 1.76. The molecule has 5 heterocycles. The summed E-state index contributed by atoms with van der Waals surface area (Å²) < 4.78 is 2.33. The highest BCUT2D eigenvalue weighted by molar-refractivity contribution is 6.15. The number of nitrogens with zero attached hydrogens (tertiary/aromatic N) is 10. The van der Waals surface area contributed by atoms with Gasteiger partial charge in [0.2, 0.25) is 0 Å². The molecule has 0 bridgehead atoms. The Morgan fingerprint density at radius 2 is 0.558 bits per heavy atom. The van der Waals surface area contributed by atoms with Gasteiger partial charge in [0.25, 0.3) is 0 Å². The van der Waals surface area contributed by atoms with Crippen LogP contribution in [0.25, 0.3) is 163 Å². The zero-order valence-corrected chi connectivity index (χ0v) is 46.0. The van der Waals surface area contributed by atoms with Gasteiger partial charge in [-0.3, -0.25) is 0 Å². The second-order valence-corrected chi connectivity index (χ2v) is 21.0. The molecule has 16 aromatic rings. The number of hydrogen-bond donors (Lipinski definition) is 1. The summed E-state index contributed by atoms with van der Waals surface area (Å²) in [6.45, 7) is 0. The third-order valence-electron chi connectivity index (χ3n) is 15.7. The maximum Gasteiger partial charge on any atom is 0.166 e. The Balaban J connectivity index is 0.976. The van der Waals surface area contributed by atoms with Crippen LogP contribution in [0.4, 0.5) is 0 Å². The largest absolute Gasteiger partial charge is 0.354 e. The Hall–Kier alpha value is -12.0.